The number of hydrogen-bond donors (Lipinski definition) is 1. The zero-order valence-corrected chi connectivity index (χ0v) is 7.49. The summed E-state index contributed by atoms with van der Waals surface area (Å²) in [5.41, 5.74) is 2.10. The second-order valence-electron chi connectivity index (χ2n) is 3.16. The third-order valence-electron chi connectivity index (χ3n) is 2.27. The third-order valence-corrected chi connectivity index (χ3v) is 2.27. The number of fused-ring (bicyclic) bond motifs is 1. The molecule has 0 aliphatic carbocycles. The second kappa shape index (κ2) is 3.15. The van der Waals surface area contributed by atoms with E-state index in [1.54, 1.807) is 6.20 Å². The van der Waals surface area contributed by atoms with Crippen molar-refractivity contribution >= 4 is 10.8 Å². The molecule has 1 N–H and O–H groups in total. The lowest BCUT2D eigenvalue weighted by Gasteiger charge is -2.04. The molecule has 0 aliphatic heterocycles. The quantitative estimate of drug-likeness (QED) is 0.715. The van der Waals surface area contributed by atoms with E-state index in [9.17, 15) is 0 Å². The normalized spacial score (nSPS) is 10.6. The smallest absolute Gasteiger partial charge is 0.0684 e. The molecule has 2 aromatic rings. The number of hydrogen-bond acceptors (Lipinski definition) is 2. The Morgan fingerprint density at radius 1 is 1.31 bits per heavy atom. The van der Waals surface area contributed by atoms with Gasteiger partial charge < -0.3 is 5.11 Å². The van der Waals surface area contributed by atoms with E-state index in [2.05, 4.69) is 4.98 Å². The van der Waals surface area contributed by atoms with Gasteiger partial charge in [-0.05, 0) is 41.6 Å². The van der Waals surface area contributed by atoms with E-state index < -0.39 is 0 Å². The Kier molecular flexibility index (Phi) is 1.99. The Balaban J connectivity index is 2.74. The van der Waals surface area contributed by atoms with E-state index in [-0.39, 0.29) is 6.61 Å². The number of aliphatic hydroxyl groups is 1. The molecule has 2 heteroatoms. The SMILES string of the molecule is Cc1cc2cnccc2cc1CO. The van der Waals surface area contributed by atoms with Gasteiger partial charge in [0.1, 0.15) is 0 Å². The van der Waals surface area contributed by atoms with E-state index >= 15 is 0 Å². The van der Waals surface area contributed by atoms with Gasteiger partial charge in [-0.3, -0.25) is 4.98 Å². The fourth-order valence-electron chi connectivity index (χ4n) is 1.47. The summed E-state index contributed by atoms with van der Waals surface area (Å²) in [6.45, 7) is 2.10. The van der Waals surface area contributed by atoms with Gasteiger partial charge in [-0.2, -0.15) is 0 Å². The lowest BCUT2D eigenvalue weighted by atomic mass is 10.0. The van der Waals surface area contributed by atoms with Crippen LogP contribution in [0.5, 0.6) is 0 Å². The van der Waals surface area contributed by atoms with Gasteiger partial charge in [-0.1, -0.05) is 0 Å². The van der Waals surface area contributed by atoms with Crippen LogP contribution in [0.25, 0.3) is 10.8 Å². The minimum Gasteiger partial charge on any atom is -0.392 e. The maximum Gasteiger partial charge on any atom is 0.0684 e. The van der Waals surface area contributed by atoms with Crippen molar-refractivity contribution in [1.82, 2.24) is 4.98 Å². The first-order valence-electron chi connectivity index (χ1n) is 4.25. The summed E-state index contributed by atoms with van der Waals surface area (Å²) in [5, 5.41) is 11.3. The fraction of sp³-hybridized carbons (Fsp3) is 0.182. The van der Waals surface area contributed by atoms with Gasteiger partial charge in [0, 0.05) is 17.8 Å². The van der Waals surface area contributed by atoms with Gasteiger partial charge in [0.05, 0.1) is 6.61 Å². The van der Waals surface area contributed by atoms with Gasteiger partial charge in [-0.15, -0.1) is 0 Å². The average Bonchev–Trinajstić information content (AvgIpc) is 2.17. The van der Waals surface area contributed by atoms with Crippen LogP contribution >= 0.6 is 0 Å². The summed E-state index contributed by atoms with van der Waals surface area (Å²) in [6, 6.07) is 6.01. The molecule has 2 nitrogen and oxygen atoms in total. The van der Waals surface area contributed by atoms with Gasteiger partial charge >= 0.3 is 0 Å². The second-order valence-corrected chi connectivity index (χ2v) is 3.16. The topological polar surface area (TPSA) is 33.1 Å². The molecule has 0 saturated carbocycles. The van der Waals surface area contributed by atoms with Gasteiger partial charge in [0.25, 0.3) is 0 Å². The van der Waals surface area contributed by atoms with Crippen molar-refractivity contribution < 1.29 is 5.11 Å². The Morgan fingerprint density at radius 2 is 2.15 bits per heavy atom. The van der Waals surface area contributed by atoms with Crippen LogP contribution in [0, 0.1) is 6.92 Å². The maximum absolute atomic E-state index is 9.06. The molecule has 0 radical (unpaired) electrons. The lowest BCUT2D eigenvalue weighted by Crippen LogP contribution is -1.88. The Morgan fingerprint density at radius 3 is 2.92 bits per heavy atom. The number of aliphatic hydroxyl groups excluding tert-OH is 1. The average molecular weight is 173 g/mol. The molecule has 1 heterocycles. The molecule has 0 amide bonds. The number of nitrogens with zero attached hydrogens (tertiary/aromatic N) is 1. The van der Waals surface area contributed by atoms with Crippen molar-refractivity contribution in [2.24, 2.45) is 0 Å². The molecular formula is C11H11NO. The van der Waals surface area contributed by atoms with Crippen LogP contribution in [0.15, 0.2) is 30.6 Å². The highest BCUT2D eigenvalue weighted by molar-refractivity contribution is 5.83. The summed E-state index contributed by atoms with van der Waals surface area (Å²) in [4.78, 5) is 4.05. The Labute approximate surface area is 76.9 Å². The van der Waals surface area contributed by atoms with Crippen LogP contribution in [0.1, 0.15) is 11.1 Å². The van der Waals surface area contributed by atoms with Crippen molar-refractivity contribution in [3.63, 3.8) is 0 Å². The number of aryl methyl sites for hydroxylation is 1. The lowest BCUT2D eigenvalue weighted by molar-refractivity contribution is 0.281. The first kappa shape index (κ1) is 8.20. The first-order chi connectivity index (χ1) is 6.31. The van der Waals surface area contributed by atoms with Gasteiger partial charge in [0.2, 0.25) is 0 Å². The Hall–Kier alpha value is -1.41. The van der Waals surface area contributed by atoms with Crippen molar-refractivity contribution in [2.75, 3.05) is 0 Å². The minimum absolute atomic E-state index is 0.101. The Bertz CT molecular complexity index is 437. The summed E-state index contributed by atoms with van der Waals surface area (Å²) in [5.74, 6) is 0. The molecule has 0 saturated heterocycles. The predicted molar refractivity (Wildman–Crippen MR) is 52.4 cm³/mol. The minimum atomic E-state index is 0.101. The van der Waals surface area contributed by atoms with Crippen molar-refractivity contribution in [3.8, 4) is 0 Å². The highest BCUT2D eigenvalue weighted by Crippen LogP contribution is 2.18. The van der Waals surface area contributed by atoms with E-state index in [4.69, 9.17) is 5.11 Å². The highest BCUT2D eigenvalue weighted by atomic mass is 16.3. The molecule has 0 fully saturated rings. The van der Waals surface area contributed by atoms with Gasteiger partial charge in [0.15, 0.2) is 0 Å². The van der Waals surface area contributed by atoms with Crippen LogP contribution < -0.4 is 0 Å². The molecule has 0 bridgehead atoms. The number of benzene rings is 1. The van der Waals surface area contributed by atoms with Crippen molar-refractivity contribution in [2.45, 2.75) is 13.5 Å². The molecule has 0 spiro atoms. The van der Waals surface area contributed by atoms with Crippen LogP contribution in [0.4, 0.5) is 0 Å². The number of aromatic nitrogens is 1. The monoisotopic (exact) mass is 173 g/mol. The maximum atomic E-state index is 9.06. The first-order valence-corrected chi connectivity index (χ1v) is 4.25. The largest absolute Gasteiger partial charge is 0.392 e. The predicted octanol–water partition coefficient (Wildman–Crippen LogP) is 2.04. The van der Waals surface area contributed by atoms with Crippen molar-refractivity contribution in [1.29, 1.82) is 0 Å². The molecular weight excluding hydrogens is 162 g/mol. The molecule has 0 atom stereocenters. The summed E-state index contributed by atoms with van der Waals surface area (Å²) in [6.07, 6.45) is 3.60. The molecule has 0 aliphatic rings. The van der Waals surface area contributed by atoms with Crippen LogP contribution in [-0.2, 0) is 6.61 Å². The molecule has 2 rings (SSSR count). The fourth-order valence-corrected chi connectivity index (χ4v) is 1.47. The molecule has 1 aromatic carbocycles. The molecule has 13 heavy (non-hydrogen) atoms. The van der Waals surface area contributed by atoms with Crippen LogP contribution in [0.2, 0.25) is 0 Å². The molecule has 1 aromatic heterocycles. The number of pyridine rings is 1. The van der Waals surface area contributed by atoms with Crippen LogP contribution in [-0.4, -0.2) is 10.1 Å². The number of rotatable bonds is 1. The third kappa shape index (κ3) is 1.40. The van der Waals surface area contributed by atoms with E-state index in [1.165, 1.54) is 0 Å². The zero-order chi connectivity index (χ0) is 9.26. The zero-order valence-electron chi connectivity index (χ0n) is 7.49. The van der Waals surface area contributed by atoms with E-state index in [0.29, 0.717) is 0 Å². The summed E-state index contributed by atoms with van der Waals surface area (Å²) >= 11 is 0. The standard InChI is InChI=1S/C11H11NO/c1-8-4-10-6-12-3-2-9(10)5-11(8)7-13/h2-6,13H,7H2,1H3. The highest BCUT2D eigenvalue weighted by Gasteiger charge is 1.99. The molecule has 0 unspecified atom stereocenters. The van der Waals surface area contributed by atoms with Crippen molar-refractivity contribution in [3.05, 3.63) is 41.7 Å². The summed E-state index contributed by atoms with van der Waals surface area (Å²) in [7, 11) is 0. The summed E-state index contributed by atoms with van der Waals surface area (Å²) < 4.78 is 0. The van der Waals surface area contributed by atoms with E-state index in [0.717, 1.165) is 21.9 Å². The van der Waals surface area contributed by atoms with Gasteiger partial charge in [-0.25, -0.2) is 0 Å². The van der Waals surface area contributed by atoms with Crippen LogP contribution in [0.3, 0.4) is 0 Å². The van der Waals surface area contributed by atoms with E-state index in [1.807, 2.05) is 31.3 Å². The molecule has 66 valence electrons.